The van der Waals surface area contributed by atoms with E-state index in [9.17, 15) is 8.42 Å². The Labute approximate surface area is 83.1 Å². The standard InChI is InChI=1S/C7H14N4O2S/c1-3-11(2)14(12,13)7-6(4-8)5-9-10-7/h5H,3-4,8H2,1-2H3,(H,9,10). The van der Waals surface area contributed by atoms with E-state index in [1.807, 2.05) is 0 Å². The Kier molecular flexibility index (Phi) is 3.25. The van der Waals surface area contributed by atoms with Crippen LogP contribution in [-0.2, 0) is 16.6 Å². The van der Waals surface area contributed by atoms with Gasteiger partial charge in [0, 0.05) is 25.7 Å². The number of H-pyrrole nitrogens is 1. The fourth-order valence-corrected chi connectivity index (χ4v) is 2.28. The van der Waals surface area contributed by atoms with E-state index in [1.165, 1.54) is 17.5 Å². The Morgan fingerprint density at radius 2 is 2.29 bits per heavy atom. The van der Waals surface area contributed by atoms with E-state index >= 15 is 0 Å². The minimum Gasteiger partial charge on any atom is -0.326 e. The number of aromatic amines is 1. The number of nitrogens with two attached hydrogens (primary N) is 1. The molecule has 0 atom stereocenters. The molecule has 1 aromatic heterocycles. The maximum absolute atomic E-state index is 11.8. The molecule has 3 N–H and O–H groups in total. The van der Waals surface area contributed by atoms with Crippen LogP contribution in [0.15, 0.2) is 11.2 Å². The molecule has 1 heterocycles. The molecule has 6 nitrogen and oxygen atoms in total. The Morgan fingerprint density at radius 1 is 1.64 bits per heavy atom. The number of hydrogen-bond acceptors (Lipinski definition) is 4. The van der Waals surface area contributed by atoms with Crippen LogP contribution in [-0.4, -0.2) is 36.5 Å². The van der Waals surface area contributed by atoms with Crippen molar-refractivity contribution in [3.8, 4) is 0 Å². The summed E-state index contributed by atoms with van der Waals surface area (Å²) >= 11 is 0. The van der Waals surface area contributed by atoms with E-state index in [1.54, 1.807) is 6.92 Å². The van der Waals surface area contributed by atoms with Crippen molar-refractivity contribution in [1.82, 2.24) is 14.5 Å². The number of nitrogens with zero attached hydrogens (tertiary/aromatic N) is 2. The quantitative estimate of drug-likeness (QED) is 0.713. The lowest BCUT2D eigenvalue weighted by Gasteiger charge is -2.13. The van der Waals surface area contributed by atoms with Gasteiger partial charge in [0.25, 0.3) is 10.0 Å². The van der Waals surface area contributed by atoms with Gasteiger partial charge in [-0.1, -0.05) is 6.92 Å². The molecular weight excluding hydrogens is 204 g/mol. The predicted molar refractivity (Wildman–Crippen MR) is 52.0 cm³/mol. The van der Waals surface area contributed by atoms with Crippen LogP contribution >= 0.6 is 0 Å². The third kappa shape index (κ3) is 1.79. The first-order valence-corrected chi connectivity index (χ1v) is 5.66. The van der Waals surface area contributed by atoms with Gasteiger partial charge in [0.1, 0.15) is 0 Å². The summed E-state index contributed by atoms with van der Waals surface area (Å²) in [4.78, 5) is 0. The average molecular weight is 218 g/mol. The van der Waals surface area contributed by atoms with Gasteiger partial charge in [-0.05, 0) is 0 Å². The molecule has 0 fully saturated rings. The summed E-state index contributed by atoms with van der Waals surface area (Å²) in [6, 6.07) is 0. The molecule has 0 radical (unpaired) electrons. The second-order valence-electron chi connectivity index (χ2n) is 2.85. The molecular formula is C7H14N4O2S. The van der Waals surface area contributed by atoms with Gasteiger partial charge in [-0.15, -0.1) is 0 Å². The van der Waals surface area contributed by atoms with Gasteiger partial charge >= 0.3 is 0 Å². The molecule has 0 aliphatic heterocycles. The smallest absolute Gasteiger partial charge is 0.260 e. The summed E-state index contributed by atoms with van der Waals surface area (Å²) in [7, 11) is -1.94. The highest BCUT2D eigenvalue weighted by atomic mass is 32.2. The van der Waals surface area contributed by atoms with E-state index < -0.39 is 10.0 Å². The van der Waals surface area contributed by atoms with Gasteiger partial charge < -0.3 is 5.73 Å². The van der Waals surface area contributed by atoms with E-state index in [-0.39, 0.29) is 11.6 Å². The molecule has 14 heavy (non-hydrogen) atoms. The molecule has 0 aliphatic rings. The minimum atomic E-state index is -3.45. The first-order chi connectivity index (χ1) is 6.54. The van der Waals surface area contributed by atoms with Crippen molar-refractivity contribution in [2.24, 2.45) is 5.73 Å². The lowest BCUT2D eigenvalue weighted by molar-refractivity contribution is 0.482. The molecule has 0 aromatic carbocycles. The highest BCUT2D eigenvalue weighted by Gasteiger charge is 2.23. The summed E-state index contributed by atoms with van der Waals surface area (Å²) in [5.74, 6) is 0. The summed E-state index contributed by atoms with van der Waals surface area (Å²) in [5.41, 5.74) is 5.90. The lowest BCUT2D eigenvalue weighted by Crippen LogP contribution is -2.27. The predicted octanol–water partition coefficient (Wildman–Crippen LogP) is -0.491. The molecule has 0 bridgehead atoms. The fraction of sp³-hybridized carbons (Fsp3) is 0.571. The van der Waals surface area contributed by atoms with Gasteiger partial charge in [-0.25, -0.2) is 8.42 Å². The van der Waals surface area contributed by atoms with Crippen LogP contribution in [0.3, 0.4) is 0 Å². The van der Waals surface area contributed by atoms with Gasteiger partial charge in [-0.3, -0.25) is 5.10 Å². The maximum Gasteiger partial charge on any atom is 0.260 e. The highest BCUT2D eigenvalue weighted by molar-refractivity contribution is 7.89. The van der Waals surface area contributed by atoms with E-state index in [0.717, 1.165) is 0 Å². The van der Waals surface area contributed by atoms with Gasteiger partial charge in [-0.2, -0.15) is 9.40 Å². The molecule has 1 rings (SSSR count). The van der Waals surface area contributed by atoms with Crippen LogP contribution in [0.25, 0.3) is 0 Å². The zero-order valence-corrected chi connectivity index (χ0v) is 9.00. The summed E-state index contributed by atoms with van der Waals surface area (Å²) in [6.07, 6.45) is 1.43. The van der Waals surface area contributed by atoms with Crippen LogP contribution in [0.5, 0.6) is 0 Å². The van der Waals surface area contributed by atoms with Gasteiger partial charge in [0.2, 0.25) is 0 Å². The molecule has 0 saturated heterocycles. The zero-order chi connectivity index (χ0) is 10.8. The minimum absolute atomic E-state index is 0.0874. The number of rotatable bonds is 4. The summed E-state index contributed by atoms with van der Waals surface area (Å²) < 4.78 is 24.8. The third-order valence-corrected chi connectivity index (χ3v) is 3.96. The van der Waals surface area contributed by atoms with Gasteiger partial charge in [0.05, 0.1) is 6.20 Å². The monoisotopic (exact) mass is 218 g/mol. The number of sulfonamides is 1. The molecule has 0 spiro atoms. The number of aromatic nitrogens is 2. The Morgan fingerprint density at radius 3 is 2.79 bits per heavy atom. The number of nitrogens with one attached hydrogen (secondary N) is 1. The third-order valence-electron chi connectivity index (χ3n) is 2.01. The molecule has 0 unspecified atom stereocenters. The highest BCUT2D eigenvalue weighted by Crippen LogP contribution is 2.15. The van der Waals surface area contributed by atoms with Crippen molar-refractivity contribution in [1.29, 1.82) is 0 Å². The fourth-order valence-electron chi connectivity index (χ4n) is 0.994. The Hall–Kier alpha value is -0.920. The molecule has 80 valence electrons. The second-order valence-corrected chi connectivity index (χ2v) is 4.83. The largest absolute Gasteiger partial charge is 0.326 e. The van der Waals surface area contributed by atoms with E-state index in [4.69, 9.17) is 5.73 Å². The van der Waals surface area contributed by atoms with Gasteiger partial charge in [0.15, 0.2) is 5.03 Å². The summed E-state index contributed by atoms with van der Waals surface area (Å²) in [6.45, 7) is 2.32. The SMILES string of the molecule is CCN(C)S(=O)(=O)c1[nH]ncc1CN. The molecule has 0 amide bonds. The number of hydrogen-bond donors (Lipinski definition) is 2. The van der Waals surface area contributed by atoms with Crippen molar-refractivity contribution in [3.63, 3.8) is 0 Å². The topological polar surface area (TPSA) is 92.1 Å². The van der Waals surface area contributed by atoms with Crippen LogP contribution in [0.4, 0.5) is 0 Å². The lowest BCUT2D eigenvalue weighted by atomic mass is 10.4. The Bertz CT molecular complexity index is 398. The van der Waals surface area contributed by atoms with Crippen LogP contribution < -0.4 is 5.73 Å². The first kappa shape index (κ1) is 11.2. The molecule has 1 aromatic rings. The van der Waals surface area contributed by atoms with E-state index in [0.29, 0.717) is 12.1 Å². The Balaban J connectivity index is 3.16. The van der Waals surface area contributed by atoms with Crippen LogP contribution in [0.2, 0.25) is 0 Å². The normalized spacial score (nSPS) is 12.3. The summed E-state index contributed by atoms with van der Waals surface area (Å²) in [5, 5.41) is 6.21. The van der Waals surface area contributed by atoms with Crippen molar-refractivity contribution in [2.45, 2.75) is 18.5 Å². The average Bonchev–Trinajstić information content (AvgIpc) is 2.64. The first-order valence-electron chi connectivity index (χ1n) is 4.22. The van der Waals surface area contributed by atoms with Crippen molar-refractivity contribution < 1.29 is 8.42 Å². The van der Waals surface area contributed by atoms with Crippen molar-refractivity contribution >= 4 is 10.0 Å². The maximum atomic E-state index is 11.8. The van der Waals surface area contributed by atoms with E-state index in [2.05, 4.69) is 10.2 Å². The second kappa shape index (κ2) is 4.07. The molecule has 0 saturated carbocycles. The molecule has 0 aliphatic carbocycles. The molecule has 7 heteroatoms. The van der Waals surface area contributed by atoms with Crippen molar-refractivity contribution in [2.75, 3.05) is 13.6 Å². The zero-order valence-electron chi connectivity index (χ0n) is 8.19. The van der Waals surface area contributed by atoms with Crippen LogP contribution in [0.1, 0.15) is 12.5 Å². The van der Waals surface area contributed by atoms with Crippen molar-refractivity contribution in [3.05, 3.63) is 11.8 Å². The van der Waals surface area contributed by atoms with Crippen LogP contribution in [0, 0.1) is 0 Å².